The van der Waals surface area contributed by atoms with Gasteiger partial charge in [-0.15, -0.1) is 12.4 Å². The summed E-state index contributed by atoms with van der Waals surface area (Å²) in [4.78, 5) is 0. The second-order valence-electron chi connectivity index (χ2n) is 9.90. The van der Waals surface area contributed by atoms with Crippen LogP contribution in [0.1, 0.15) is 73.3 Å². The fourth-order valence-corrected chi connectivity index (χ4v) is 5.32. The Morgan fingerprint density at radius 1 is 1.00 bits per heavy atom. The highest BCUT2D eigenvalue weighted by Gasteiger charge is 2.54. The molecular formula is C27H34ClF4N. The van der Waals surface area contributed by atoms with Gasteiger partial charge in [-0.2, -0.15) is 13.2 Å². The molecule has 0 radical (unpaired) electrons. The van der Waals surface area contributed by atoms with E-state index in [9.17, 15) is 17.6 Å². The summed E-state index contributed by atoms with van der Waals surface area (Å²) in [7, 11) is 0. The number of nitrogens with one attached hydrogen (secondary N) is 1. The molecule has 182 valence electrons. The van der Waals surface area contributed by atoms with Gasteiger partial charge in [0.2, 0.25) is 5.67 Å². The summed E-state index contributed by atoms with van der Waals surface area (Å²) in [6, 6.07) is 13.2. The van der Waals surface area contributed by atoms with E-state index in [2.05, 4.69) is 30.4 Å². The van der Waals surface area contributed by atoms with Crippen LogP contribution in [-0.4, -0.2) is 18.8 Å². The van der Waals surface area contributed by atoms with Gasteiger partial charge in [0.15, 0.2) is 0 Å². The minimum Gasteiger partial charge on any atom is -0.313 e. The number of benzene rings is 2. The third-order valence-corrected chi connectivity index (χ3v) is 7.65. The van der Waals surface area contributed by atoms with Crippen molar-refractivity contribution in [3.63, 3.8) is 0 Å². The number of hydrogen-bond acceptors (Lipinski definition) is 1. The molecule has 0 bridgehead atoms. The molecule has 0 spiro atoms. The lowest BCUT2D eigenvalue weighted by Crippen LogP contribution is -2.46. The molecule has 0 amide bonds. The van der Waals surface area contributed by atoms with E-state index in [4.69, 9.17) is 0 Å². The SMILES string of the molecule is C1CCC1.Cc1cccc(CC23CCNC2CCc2cc(C(C)(F)C(F)(F)F)ccc23)c1.Cl. The molecule has 3 atom stereocenters. The molecule has 2 fully saturated rings. The smallest absolute Gasteiger partial charge is 0.313 e. The first kappa shape index (κ1) is 26.0. The molecule has 2 aromatic rings. The topological polar surface area (TPSA) is 12.0 Å². The van der Waals surface area contributed by atoms with Gasteiger partial charge in [-0.25, -0.2) is 4.39 Å². The molecule has 1 heterocycles. The maximum atomic E-state index is 14.5. The first-order valence-electron chi connectivity index (χ1n) is 11.8. The number of rotatable bonds is 3. The Bertz CT molecular complexity index is 947. The summed E-state index contributed by atoms with van der Waals surface area (Å²) in [5.41, 5.74) is 0.586. The third-order valence-electron chi connectivity index (χ3n) is 7.65. The normalized spacial score (nSPS) is 25.3. The fraction of sp³-hybridized carbons (Fsp3) is 0.556. The van der Waals surface area contributed by atoms with Crippen molar-refractivity contribution in [1.29, 1.82) is 0 Å². The summed E-state index contributed by atoms with van der Waals surface area (Å²) >= 11 is 0. The van der Waals surface area contributed by atoms with E-state index in [0.29, 0.717) is 19.4 Å². The lowest BCUT2D eigenvalue weighted by atomic mass is 9.63. The molecule has 6 heteroatoms. The number of alkyl halides is 4. The van der Waals surface area contributed by atoms with E-state index in [1.54, 1.807) is 6.07 Å². The molecule has 1 saturated carbocycles. The summed E-state index contributed by atoms with van der Waals surface area (Å²) in [6.45, 7) is 3.56. The Labute approximate surface area is 200 Å². The van der Waals surface area contributed by atoms with Crippen molar-refractivity contribution in [1.82, 2.24) is 5.32 Å². The zero-order valence-electron chi connectivity index (χ0n) is 19.4. The van der Waals surface area contributed by atoms with Crippen molar-refractivity contribution in [2.45, 2.75) is 88.5 Å². The highest BCUT2D eigenvalue weighted by atomic mass is 35.5. The number of aryl methyl sites for hydroxylation is 2. The van der Waals surface area contributed by atoms with Crippen LogP contribution in [0.3, 0.4) is 0 Å². The minimum absolute atomic E-state index is 0. The highest BCUT2D eigenvalue weighted by molar-refractivity contribution is 5.85. The molecule has 1 N–H and O–H groups in total. The van der Waals surface area contributed by atoms with Gasteiger partial charge in [0.1, 0.15) is 0 Å². The lowest BCUT2D eigenvalue weighted by Gasteiger charge is -2.42. The van der Waals surface area contributed by atoms with E-state index in [1.807, 2.05) is 6.07 Å². The van der Waals surface area contributed by atoms with Gasteiger partial charge in [-0.3, -0.25) is 0 Å². The molecule has 3 aliphatic rings. The van der Waals surface area contributed by atoms with Gasteiger partial charge in [-0.05, 0) is 68.3 Å². The molecular weight excluding hydrogens is 450 g/mol. The van der Waals surface area contributed by atoms with E-state index < -0.39 is 11.8 Å². The minimum atomic E-state index is -4.92. The van der Waals surface area contributed by atoms with Crippen molar-refractivity contribution >= 4 is 12.4 Å². The molecule has 2 aromatic carbocycles. The van der Waals surface area contributed by atoms with Crippen LogP contribution in [0, 0.1) is 6.92 Å². The van der Waals surface area contributed by atoms with Crippen molar-refractivity contribution in [2.75, 3.05) is 6.54 Å². The van der Waals surface area contributed by atoms with E-state index in [-0.39, 0.29) is 23.4 Å². The van der Waals surface area contributed by atoms with Gasteiger partial charge in [0.25, 0.3) is 0 Å². The first-order valence-corrected chi connectivity index (χ1v) is 11.8. The van der Waals surface area contributed by atoms with Crippen LogP contribution in [0.15, 0.2) is 42.5 Å². The molecule has 5 rings (SSSR count). The van der Waals surface area contributed by atoms with Crippen LogP contribution in [0.5, 0.6) is 0 Å². The monoisotopic (exact) mass is 483 g/mol. The van der Waals surface area contributed by atoms with Gasteiger partial charge < -0.3 is 5.32 Å². The molecule has 2 aliphatic carbocycles. The van der Waals surface area contributed by atoms with Crippen molar-refractivity contribution in [3.8, 4) is 0 Å². The van der Waals surface area contributed by atoms with Crippen LogP contribution >= 0.6 is 12.4 Å². The summed E-state index contributed by atoms with van der Waals surface area (Å²) in [6.07, 6.45) is 4.38. The van der Waals surface area contributed by atoms with Crippen LogP contribution < -0.4 is 5.32 Å². The zero-order chi connectivity index (χ0) is 23.0. The van der Waals surface area contributed by atoms with Gasteiger partial charge in [0.05, 0.1) is 0 Å². The molecule has 3 unspecified atom stereocenters. The molecule has 1 nitrogen and oxygen atoms in total. The summed E-state index contributed by atoms with van der Waals surface area (Å²) in [5, 5.41) is 3.59. The number of halogens is 5. The van der Waals surface area contributed by atoms with E-state index in [0.717, 1.165) is 36.9 Å². The predicted octanol–water partition coefficient (Wildman–Crippen LogP) is 7.51. The lowest BCUT2D eigenvalue weighted by molar-refractivity contribution is -0.228. The van der Waals surface area contributed by atoms with Gasteiger partial charge in [-0.1, -0.05) is 73.7 Å². The molecule has 0 aromatic heterocycles. The summed E-state index contributed by atoms with van der Waals surface area (Å²) < 4.78 is 54.1. The predicted molar refractivity (Wildman–Crippen MR) is 128 cm³/mol. The highest BCUT2D eigenvalue weighted by Crippen LogP contribution is 2.48. The number of fused-ring (bicyclic) bond motifs is 3. The van der Waals surface area contributed by atoms with Crippen molar-refractivity contribution < 1.29 is 17.6 Å². The van der Waals surface area contributed by atoms with E-state index >= 15 is 0 Å². The standard InChI is InChI=1S/C23H25F4N.C4H8.ClH/c1-15-4-3-5-16(12-15)14-22-10-11-28-20(22)9-6-17-13-18(7-8-19(17)22)21(2,24)23(25,26)27;1-2-4-3-1;/h3-5,7-8,12-13,20,28H,6,9-11,14H2,1-2H3;1-4H2;1H. The van der Waals surface area contributed by atoms with Crippen molar-refractivity contribution in [3.05, 3.63) is 70.3 Å². The maximum Gasteiger partial charge on any atom is 0.426 e. The Hall–Kier alpha value is -1.59. The average Bonchev–Trinajstić information content (AvgIpc) is 3.09. The summed E-state index contributed by atoms with van der Waals surface area (Å²) in [5.74, 6) is 0. The van der Waals surface area contributed by atoms with Crippen molar-refractivity contribution in [2.24, 2.45) is 0 Å². The molecule has 1 aliphatic heterocycles. The zero-order valence-corrected chi connectivity index (χ0v) is 20.2. The third kappa shape index (κ3) is 5.09. The Kier molecular flexibility index (Phi) is 7.85. The fourth-order valence-electron chi connectivity index (χ4n) is 5.32. The quantitative estimate of drug-likeness (QED) is 0.445. The Morgan fingerprint density at radius 3 is 2.30 bits per heavy atom. The van der Waals surface area contributed by atoms with Crippen LogP contribution in [0.2, 0.25) is 0 Å². The van der Waals surface area contributed by atoms with Gasteiger partial charge >= 0.3 is 6.18 Å². The Balaban J connectivity index is 0.000000555. The average molecular weight is 484 g/mol. The first-order chi connectivity index (χ1) is 15.1. The largest absolute Gasteiger partial charge is 0.426 e. The van der Waals surface area contributed by atoms with Gasteiger partial charge in [0, 0.05) is 11.5 Å². The number of hydrogen-bond donors (Lipinski definition) is 1. The second kappa shape index (κ2) is 9.95. The second-order valence-corrected chi connectivity index (χ2v) is 9.90. The van der Waals surface area contributed by atoms with Crippen LogP contribution in [-0.2, 0) is 23.9 Å². The van der Waals surface area contributed by atoms with Crippen LogP contribution in [0.4, 0.5) is 17.6 Å². The maximum absolute atomic E-state index is 14.5. The van der Waals surface area contributed by atoms with E-state index in [1.165, 1.54) is 48.9 Å². The molecule has 1 saturated heterocycles. The molecule has 33 heavy (non-hydrogen) atoms. The Morgan fingerprint density at radius 2 is 1.70 bits per heavy atom. The van der Waals surface area contributed by atoms with Crippen LogP contribution in [0.25, 0.3) is 0 Å².